The number of aliphatic carboxylic acids is 1. The van der Waals surface area contributed by atoms with Gasteiger partial charge in [0.05, 0.1) is 0 Å². The second-order valence-corrected chi connectivity index (χ2v) is 5.35. The van der Waals surface area contributed by atoms with E-state index in [-0.39, 0.29) is 0 Å². The maximum Gasteiger partial charge on any atom is 0.303 e. The van der Waals surface area contributed by atoms with Gasteiger partial charge in [0.2, 0.25) is 0 Å². The molecule has 2 fully saturated rings. The molecule has 0 spiro atoms. The molecule has 0 unspecified atom stereocenters. The number of carbonyl (C=O) groups is 1. The van der Waals surface area contributed by atoms with Crippen molar-refractivity contribution in [3.63, 3.8) is 0 Å². The molecule has 0 amide bonds. The lowest BCUT2D eigenvalue weighted by molar-refractivity contribution is -0.139. The molecular weight excluding hydrogens is 188 g/mol. The van der Waals surface area contributed by atoms with Crippen LogP contribution in [0.15, 0.2) is 0 Å². The van der Waals surface area contributed by atoms with Crippen molar-refractivity contribution in [1.29, 1.82) is 0 Å². The first-order valence-corrected chi connectivity index (χ1v) is 6.49. The summed E-state index contributed by atoms with van der Waals surface area (Å²) in [5, 5.41) is 9.00. The molecule has 2 aliphatic rings. The quantitative estimate of drug-likeness (QED) is 0.771. The van der Waals surface area contributed by atoms with E-state index in [4.69, 9.17) is 5.11 Å². The summed E-state index contributed by atoms with van der Waals surface area (Å²) in [5.74, 6) is 1.36. The van der Waals surface area contributed by atoms with Gasteiger partial charge in [0.1, 0.15) is 0 Å². The van der Waals surface area contributed by atoms with E-state index in [9.17, 15) is 4.79 Å². The van der Waals surface area contributed by atoms with Gasteiger partial charge in [-0.05, 0) is 17.8 Å². The van der Waals surface area contributed by atoms with Gasteiger partial charge in [-0.15, -0.1) is 0 Å². The zero-order valence-corrected chi connectivity index (χ0v) is 9.45. The molecule has 2 aliphatic carbocycles. The second-order valence-electron chi connectivity index (χ2n) is 5.35. The summed E-state index contributed by atoms with van der Waals surface area (Å²) in [6.07, 6.45) is 10.9. The van der Waals surface area contributed by atoms with Crippen molar-refractivity contribution in [1.82, 2.24) is 0 Å². The molecule has 0 aliphatic heterocycles. The molecule has 0 heterocycles. The van der Waals surface area contributed by atoms with Gasteiger partial charge in [0, 0.05) is 6.42 Å². The molecule has 2 heteroatoms. The molecule has 0 aromatic carbocycles. The number of rotatable bonds is 4. The second kappa shape index (κ2) is 5.00. The molecule has 0 saturated heterocycles. The minimum Gasteiger partial charge on any atom is -0.481 e. The van der Waals surface area contributed by atoms with E-state index in [0.717, 1.165) is 11.8 Å². The maximum atomic E-state index is 10.9. The first-order valence-electron chi connectivity index (χ1n) is 6.49. The lowest BCUT2D eigenvalue weighted by Crippen LogP contribution is -2.23. The van der Waals surface area contributed by atoms with Crippen LogP contribution in [0.2, 0.25) is 0 Å². The van der Waals surface area contributed by atoms with E-state index in [1.165, 1.54) is 51.4 Å². The third-order valence-corrected chi connectivity index (χ3v) is 4.42. The minimum absolute atomic E-state index is 0.426. The van der Waals surface area contributed by atoms with Crippen LogP contribution in [0, 0.1) is 17.8 Å². The van der Waals surface area contributed by atoms with Crippen LogP contribution in [0.1, 0.15) is 57.8 Å². The first kappa shape index (κ1) is 11.0. The monoisotopic (exact) mass is 210 g/mol. The van der Waals surface area contributed by atoms with Crippen LogP contribution in [0.25, 0.3) is 0 Å². The van der Waals surface area contributed by atoms with E-state index < -0.39 is 5.97 Å². The minimum atomic E-state index is -0.584. The van der Waals surface area contributed by atoms with Gasteiger partial charge in [-0.25, -0.2) is 0 Å². The summed E-state index contributed by atoms with van der Waals surface area (Å²) in [7, 11) is 0. The van der Waals surface area contributed by atoms with Crippen molar-refractivity contribution in [2.45, 2.75) is 57.8 Å². The Balaban J connectivity index is 1.97. The Morgan fingerprint density at radius 3 is 1.73 bits per heavy atom. The molecule has 15 heavy (non-hydrogen) atoms. The van der Waals surface area contributed by atoms with E-state index in [1.807, 2.05) is 0 Å². The topological polar surface area (TPSA) is 37.3 Å². The van der Waals surface area contributed by atoms with Crippen LogP contribution in [-0.2, 0) is 4.79 Å². The largest absolute Gasteiger partial charge is 0.481 e. The van der Waals surface area contributed by atoms with Gasteiger partial charge in [-0.3, -0.25) is 4.79 Å². The molecule has 1 N–H and O–H groups in total. The molecule has 0 aromatic rings. The molecule has 0 atom stereocenters. The Bertz CT molecular complexity index is 197. The van der Waals surface area contributed by atoms with Crippen LogP contribution in [0.3, 0.4) is 0 Å². The predicted octanol–water partition coefficient (Wildman–Crippen LogP) is 3.46. The summed E-state index contributed by atoms with van der Waals surface area (Å²) < 4.78 is 0. The van der Waals surface area contributed by atoms with Crippen LogP contribution in [0.5, 0.6) is 0 Å². The fourth-order valence-electron chi connectivity index (χ4n) is 3.69. The zero-order valence-electron chi connectivity index (χ0n) is 9.45. The SMILES string of the molecule is O=C(O)CC(C1CCCC1)C1CCCC1. The number of carboxylic acid groups (broad SMARTS) is 1. The normalized spacial score (nSPS) is 24.1. The Morgan fingerprint density at radius 1 is 1.00 bits per heavy atom. The Kier molecular flexibility index (Phi) is 3.66. The summed E-state index contributed by atoms with van der Waals surface area (Å²) in [4.78, 5) is 10.9. The summed E-state index contributed by atoms with van der Waals surface area (Å²) >= 11 is 0. The average Bonchev–Trinajstić information content (AvgIpc) is 2.87. The van der Waals surface area contributed by atoms with E-state index in [2.05, 4.69) is 0 Å². The third-order valence-electron chi connectivity index (χ3n) is 4.42. The number of carboxylic acids is 1. The van der Waals surface area contributed by atoms with Crippen molar-refractivity contribution in [2.24, 2.45) is 17.8 Å². The van der Waals surface area contributed by atoms with Gasteiger partial charge in [-0.2, -0.15) is 0 Å². The molecule has 0 radical (unpaired) electrons. The highest BCUT2D eigenvalue weighted by molar-refractivity contribution is 5.67. The predicted molar refractivity (Wildman–Crippen MR) is 59.7 cm³/mol. The summed E-state index contributed by atoms with van der Waals surface area (Å²) in [6.45, 7) is 0. The molecule has 86 valence electrons. The van der Waals surface area contributed by atoms with Crippen molar-refractivity contribution in [3.05, 3.63) is 0 Å². The van der Waals surface area contributed by atoms with E-state index in [0.29, 0.717) is 12.3 Å². The highest BCUT2D eigenvalue weighted by atomic mass is 16.4. The van der Waals surface area contributed by atoms with Gasteiger partial charge >= 0.3 is 5.97 Å². The first-order chi connectivity index (χ1) is 7.27. The molecule has 0 bridgehead atoms. The van der Waals surface area contributed by atoms with Crippen molar-refractivity contribution in [2.75, 3.05) is 0 Å². The summed E-state index contributed by atoms with van der Waals surface area (Å²) in [6, 6.07) is 0. The lowest BCUT2D eigenvalue weighted by atomic mass is 9.77. The van der Waals surface area contributed by atoms with Crippen LogP contribution in [0.4, 0.5) is 0 Å². The average molecular weight is 210 g/mol. The van der Waals surface area contributed by atoms with Crippen molar-refractivity contribution >= 4 is 5.97 Å². The van der Waals surface area contributed by atoms with Gasteiger partial charge in [-0.1, -0.05) is 51.4 Å². The van der Waals surface area contributed by atoms with Crippen molar-refractivity contribution in [3.8, 4) is 0 Å². The Morgan fingerprint density at radius 2 is 1.40 bits per heavy atom. The highest BCUT2D eigenvalue weighted by Gasteiger charge is 2.34. The third kappa shape index (κ3) is 2.73. The Labute approximate surface area is 92.1 Å². The molecule has 2 saturated carbocycles. The van der Waals surface area contributed by atoms with E-state index in [1.54, 1.807) is 0 Å². The van der Waals surface area contributed by atoms with Gasteiger partial charge < -0.3 is 5.11 Å². The summed E-state index contributed by atoms with van der Waals surface area (Å²) in [5.41, 5.74) is 0. The molecule has 2 rings (SSSR count). The molecule has 2 nitrogen and oxygen atoms in total. The smallest absolute Gasteiger partial charge is 0.303 e. The van der Waals surface area contributed by atoms with Crippen molar-refractivity contribution < 1.29 is 9.90 Å². The van der Waals surface area contributed by atoms with Crippen LogP contribution < -0.4 is 0 Å². The molecule has 0 aromatic heterocycles. The van der Waals surface area contributed by atoms with Crippen LogP contribution in [-0.4, -0.2) is 11.1 Å². The zero-order chi connectivity index (χ0) is 10.7. The highest BCUT2D eigenvalue weighted by Crippen LogP contribution is 2.43. The van der Waals surface area contributed by atoms with Gasteiger partial charge in [0.25, 0.3) is 0 Å². The molecular formula is C13H22O2. The fourth-order valence-corrected chi connectivity index (χ4v) is 3.69. The lowest BCUT2D eigenvalue weighted by Gasteiger charge is -2.27. The van der Waals surface area contributed by atoms with Crippen LogP contribution >= 0.6 is 0 Å². The van der Waals surface area contributed by atoms with E-state index >= 15 is 0 Å². The number of hydrogen-bond acceptors (Lipinski definition) is 1. The van der Waals surface area contributed by atoms with Gasteiger partial charge in [0.15, 0.2) is 0 Å². The Hall–Kier alpha value is -0.530. The standard InChI is InChI=1S/C13H22O2/c14-13(15)9-12(10-5-1-2-6-10)11-7-3-4-8-11/h10-12H,1-9H2,(H,14,15). The maximum absolute atomic E-state index is 10.9. The fraction of sp³-hybridized carbons (Fsp3) is 0.923. The number of hydrogen-bond donors (Lipinski definition) is 1.